The predicted octanol–water partition coefficient (Wildman–Crippen LogP) is 4.51. The van der Waals surface area contributed by atoms with Gasteiger partial charge in [-0.2, -0.15) is 0 Å². The molecule has 0 atom stereocenters. The van der Waals surface area contributed by atoms with Crippen LogP contribution >= 0.6 is 34.2 Å². The van der Waals surface area contributed by atoms with Crippen molar-refractivity contribution >= 4 is 45.8 Å². The molecule has 1 amide bonds. The average molecular weight is 372 g/mol. The van der Waals surface area contributed by atoms with Crippen molar-refractivity contribution in [1.29, 1.82) is 0 Å². The summed E-state index contributed by atoms with van der Waals surface area (Å²) >= 11 is 8.21. The van der Waals surface area contributed by atoms with Crippen LogP contribution in [-0.4, -0.2) is 5.91 Å². The lowest BCUT2D eigenvalue weighted by Crippen LogP contribution is -2.11. The molecule has 0 fully saturated rings. The minimum atomic E-state index is -0.133. The quantitative estimate of drug-likeness (QED) is 0.774. The number of amides is 1. The van der Waals surface area contributed by atoms with E-state index in [4.69, 9.17) is 11.6 Å². The molecule has 0 aliphatic rings. The van der Waals surface area contributed by atoms with E-state index >= 15 is 0 Å². The highest BCUT2D eigenvalue weighted by Gasteiger charge is 2.06. The zero-order chi connectivity index (χ0) is 13.1. The number of rotatable bonds is 2. The largest absolute Gasteiger partial charge is 0.322 e. The maximum Gasteiger partial charge on any atom is 0.255 e. The van der Waals surface area contributed by atoms with Crippen LogP contribution in [0.5, 0.6) is 0 Å². The van der Waals surface area contributed by atoms with Crippen LogP contribution in [-0.2, 0) is 0 Å². The molecule has 2 nitrogen and oxygen atoms in total. The summed E-state index contributed by atoms with van der Waals surface area (Å²) in [6, 6.07) is 12.9. The van der Waals surface area contributed by atoms with Gasteiger partial charge in [0.25, 0.3) is 5.91 Å². The van der Waals surface area contributed by atoms with E-state index in [2.05, 4.69) is 27.9 Å². The fraction of sp³-hybridized carbons (Fsp3) is 0.0714. The van der Waals surface area contributed by atoms with E-state index in [-0.39, 0.29) is 5.91 Å². The summed E-state index contributed by atoms with van der Waals surface area (Å²) in [5.74, 6) is -0.133. The smallest absolute Gasteiger partial charge is 0.255 e. The first-order valence-electron chi connectivity index (χ1n) is 5.39. The molecule has 0 radical (unpaired) electrons. The summed E-state index contributed by atoms with van der Waals surface area (Å²) in [5.41, 5.74) is 2.32. The molecule has 0 saturated heterocycles. The third-order valence-electron chi connectivity index (χ3n) is 2.54. The first-order valence-corrected chi connectivity index (χ1v) is 6.85. The molecule has 1 N–H and O–H groups in total. The minimum absolute atomic E-state index is 0.133. The van der Waals surface area contributed by atoms with E-state index in [0.29, 0.717) is 16.3 Å². The van der Waals surface area contributed by atoms with Gasteiger partial charge in [0.15, 0.2) is 0 Å². The van der Waals surface area contributed by atoms with Crippen LogP contribution < -0.4 is 5.32 Å². The Morgan fingerprint density at radius 3 is 2.44 bits per heavy atom. The van der Waals surface area contributed by atoms with Gasteiger partial charge in [0.05, 0.1) is 0 Å². The lowest BCUT2D eigenvalue weighted by atomic mass is 10.2. The molecule has 0 bridgehead atoms. The first kappa shape index (κ1) is 13.4. The van der Waals surface area contributed by atoms with Gasteiger partial charge in [-0.25, -0.2) is 0 Å². The Bertz CT molecular complexity index is 581. The molecule has 2 aromatic carbocycles. The number of anilines is 1. The van der Waals surface area contributed by atoms with Gasteiger partial charge in [0.2, 0.25) is 0 Å². The SMILES string of the molecule is Cc1ccc(NC(=O)c2ccc(I)cc2)cc1Cl. The van der Waals surface area contributed by atoms with Crippen LogP contribution in [0.1, 0.15) is 15.9 Å². The van der Waals surface area contributed by atoms with Gasteiger partial charge in [0, 0.05) is 19.8 Å². The maximum absolute atomic E-state index is 12.0. The number of carbonyl (C=O) groups is 1. The zero-order valence-electron chi connectivity index (χ0n) is 9.71. The highest BCUT2D eigenvalue weighted by molar-refractivity contribution is 14.1. The molecule has 0 aromatic heterocycles. The van der Waals surface area contributed by atoms with Crippen molar-refractivity contribution in [1.82, 2.24) is 0 Å². The Kier molecular flexibility index (Phi) is 4.24. The topological polar surface area (TPSA) is 29.1 Å². The summed E-state index contributed by atoms with van der Waals surface area (Å²) in [5, 5.41) is 3.47. The van der Waals surface area contributed by atoms with Crippen molar-refractivity contribution < 1.29 is 4.79 Å². The Morgan fingerprint density at radius 2 is 1.83 bits per heavy atom. The number of carbonyl (C=O) groups excluding carboxylic acids is 1. The summed E-state index contributed by atoms with van der Waals surface area (Å²) < 4.78 is 1.10. The van der Waals surface area contributed by atoms with E-state index in [1.165, 1.54) is 0 Å². The minimum Gasteiger partial charge on any atom is -0.322 e. The number of halogens is 2. The van der Waals surface area contributed by atoms with Gasteiger partial charge in [-0.1, -0.05) is 17.7 Å². The molecule has 92 valence electrons. The van der Waals surface area contributed by atoms with Crippen molar-refractivity contribution in [3.8, 4) is 0 Å². The first-order chi connectivity index (χ1) is 8.56. The predicted molar refractivity (Wildman–Crippen MR) is 83.3 cm³/mol. The normalized spacial score (nSPS) is 10.2. The summed E-state index contributed by atoms with van der Waals surface area (Å²) in [4.78, 5) is 12.0. The molecule has 0 aliphatic heterocycles. The van der Waals surface area contributed by atoms with Crippen LogP contribution in [0, 0.1) is 10.5 Å². The lowest BCUT2D eigenvalue weighted by Gasteiger charge is -2.07. The zero-order valence-corrected chi connectivity index (χ0v) is 12.6. The fourth-order valence-corrected chi connectivity index (χ4v) is 2.02. The Balaban J connectivity index is 2.16. The van der Waals surface area contributed by atoms with Gasteiger partial charge in [-0.15, -0.1) is 0 Å². The van der Waals surface area contributed by atoms with Crippen molar-refractivity contribution in [3.63, 3.8) is 0 Å². The van der Waals surface area contributed by atoms with Gasteiger partial charge in [0.1, 0.15) is 0 Å². The number of benzene rings is 2. The molecular weight excluding hydrogens is 361 g/mol. The average Bonchev–Trinajstić information content (AvgIpc) is 2.34. The third-order valence-corrected chi connectivity index (χ3v) is 3.66. The van der Waals surface area contributed by atoms with Crippen LogP contribution in [0.3, 0.4) is 0 Å². The second-order valence-electron chi connectivity index (χ2n) is 3.92. The summed E-state index contributed by atoms with van der Waals surface area (Å²) in [6.07, 6.45) is 0. The molecule has 2 aromatic rings. The van der Waals surface area contributed by atoms with Gasteiger partial charge >= 0.3 is 0 Å². The monoisotopic (exact) mass is 371 g/mol. The Hall–Kier alpha value is -1.07. The van der Waals surface area contributed by atoms with Gasteiger partial charge in [-0.05, 0) is 71.5 Å². The number of hydrogen-bond acceptors (Lipinski definition) is 1. The van der Waals surface area contributed by atoms with Crippen LogP contribution in [0.25, 0.3) is 0 Å². The highest BCUT2D eigenvalue weighted by atomic mass is 127. The summed E-state index contributed by atoms with van der Waals surface area (Å²) in [7, 11) is 0. The standard InChI is InChI=1S/C14H11ClINO/c1-9-2-7-12(8-13(9)15)17-14(18)10-3-5-11(16)6-4-10/h2-8H,1H3,(H,17,18). The molecule has 4 heteroatoms. The third kappa shape index (κ3) is 3.23. The van der Waals surface area contributed by atoms with E-state index in [0.717, 1.165) is 9.13 Å². The highest BCUT2D eigenvalue weighted by Crippen LogP contribution is 2.20. The number of hydrogen-bond donors (Lipinski definition) is 1. The van der Waals surface area contributed by atoms with Crippen molar-refractivity contribution in [2.75, 3.05) is 5.32 Å². The van der Waals surface area contributed by atoms with E-state index < -0.39 is 0 Å². The van der Waals surface area contributed by atoms with Crippen molar-refractivity contribution in [3.05, 3.63) is 62.2 Å². The molecular formula is C14H11ClINO. The summed E-state index contributed by atoms with van der Waals surface area (Å²) in [6.45, 7) is 1.92. The fourth-order valence-electron chi connectivity index (χ4n) is 1.48. The van der Waals surface area contributed by atoms with E-state index in [1.54, 1.807) is 18.2 Å². The molecule has 0 aliphatic carbocycles. The maximum atomic E-state index is 12.0. The second kappa shape index (κ2) is 5.71. The van der Waals surface area contributed by atoms with E-state index in [9.17, 15) is 4.79 Å². The van der Waals surface area contributed by atoms with E-state index in [1.807, 2.05) is 31.2 Å². The number of nitrogens with one attached hydrogen (secondary N) is 1. The van der Waals surface area contributed by atoms with Crippen molar-refractivity contribution in [2.45, 2.75) is 6.92 Å². The van der Waals surface area contributed by atoms with Crippen LogP contribution in [0.2, 0.25) is 5.02 Å². The molecule has 0 heterocycles. The Morgan fingerprint density at radius 1 is 1.17 bits per heavy atom. The molecule has 0 saturated carbocycles. The Labute approximate surface area is 124 Å². The van der Waals surface area contributed by atoms with Crippen LogP contribution in [0.4, 0.5) is 5.69 Å². The molecule has 2 rings (SSSR count). The number of aryl methyl sites for hydroxylation is 1. The van der Waals surface area contributed by atoms with Gasteiger partial charge in [-0.3, -0.25) is 4.79 Å². The molecule has 0 unspecified atom stereocenters. The van der Waals surface area contributed by atoms with Crippen LogP contribution in [0.15, 0.2) is 42.5 Å². The van der Waals surface area contributed by atoms with Crippen molar-refractivity contribution in [2.24, 2.45) is 0 Å². The lowest BCUT2D eigenvalue weighted by molar-refractivity contribution is 0.102. The van der Waals surface area contributed by atoms with Gasteiger partial charge < -0.3 is 5.32 Å². The second-order valence-corrected chi connectivity index (χ2v) is 5.58. The molecule has 0 spiro atoms. The molecule has 18 heavy (non-hydrogen) atoms.